The molecule has 10 heteroatoms. The lowest BCUT2D eigenvalue weighted by atomic mass is 9.82. The maximum absolute atomic E-state index is 13.4. The molecule has 0 aromatic carbocycles. The maximum atomic E-state index is 13.4. The molecule has 3 fully saturated rings. The number of piperazine rings is 1. The number of hydrogen-bond donors (Lipinski definition) is 3. The van der Waals surface area contributed by atoms with Crippen molar-refractivity contribution in [3.63, 3.8) is 0 Å². The van der Waals surface area contributed by atoms with Gasteiger partial charge in [-0.1, -0.05) is 0 Å². The molecular weight excluding hydrogens is 399 g/mol. The standard InChI is InChI=1S/C17H30F3N3O2S2/c1-27(24,25)13-6-4-11(5-7-13)14-10-21-15(17(18,19)20)16(23-14)22-9-12-3-2-8-26-12/h11-16,21-23H,2-10H2,1H3. The van der Waals surface area contributed by atoms with Crippen LogP contribution >= 0.6 is 11.8 Å². The summed E-state index contributed by atoms with van der Waals surface area (Å²) in [6.07, 6.45) is 0.952. The molecule has 2 saturated heterocycles. The van der Waals surface area contributed by atoms with Crippen LogP contribution in [-0.4, -0.2) is 68.4 Å². The summed E-state index contributed by atoms with van der Waals surface area (Å²) >= 11 is 1.82. The fourth-order valence-electron chi connectivity index (χ4n) is 4.52. The highest BCUT2D eigenvalue weighted by Crippen LogP contribution is 2.33. The van der Waals surface area contributed by atoms with Gasteiger partial charge in [0.1, 0.15) is 15.9 Å². The molecule has 1 aliphatic carbocycles. The van der Waals surface area contributed by atoms with Gasteiger partial charge in [0.15, 0.2) is 0 Å². The van der Waals surface area contributed by atoms with Gasteiger partial charge in [-0.15, -0.1) is 0 Å². The number of nitrogens with one attached hydrogen (secondary N) is 3. The average molecular weight is 430 g/mol. The molecule has 3 rings (SSSR count). The molecule has 158 valence electrons. The zero-order valence-corrected chi connectivity index (χ0v) is 17.2. The van der Waals surface area contributed by atoms with E-state index in [0.717, 1.165) is 31.4 Å². The van der Waals surface area contributed by atoms with Crippen LogP contribution in [0.5, 0.6) is 0 Å². The molecule has 3 N–H and O–H groups in total. The molecule has 0 radical (unpaired) electrons. The summed E-state index contributed by atoms with van der Waals surface area (Å²) in [5.41, 5.74) is 0. The lowest BCUT2D eigenvalue weighted by molar-refractivity contribution is -0.170. The minimum Gasteiger partial charge on any atom is -0.302 e. The van der Waals surface area contributed by atoms with E-state index in [0.29, 0.717) is 24.6 Å². The van der Waals surface area contributed by atoms with Crippen molar-refractivity contribution in [3.8, 4) is 0 Å². The van der Waals surface area contributed by atoms with Gasteiger partial charge in [0.2, 0.25) is 0 Å². The second kappa shape index (κ2) is 8.77. The SMILES string of the molecule is CS(=O)(=O)C1CCC(C2CNC(C(F)(F)F)C(NCC3CCCS3)N2)CC1. The van der Waals surface area contributed by atoms with Crippen LogP contribution in [0.4, 0.5) is 13.2 Å². The topological polar surface area (TPSA) is 70.2 Å². The quantitative estimate of drug-likeness (QED) is 0.620. The van der Waals surface area contributed by atoms with Gasteiger partial charge in [0, 0.05) is 30.6 Å². The average Bonchev–Trinajstić information content (AvgIpc) is 3.12. The lowest BCUT2D eigenvalue weighted by Crippen LogP contribution is -2.71. The molecule has 4 atom stereocenters. The molecule has 5 nitrogen and oxygen atoms in total. The van der Waals surface area contributed by atoms with Crippen LogP contribution < -0.4 is 16.0 Å². The monoisotopic (exact) mass is 429 g/mol. The van der Waals surface area contributed by atoms with Crippen molar-refractivity contribution in [1.29, 1.82) is 0 Å². The largest absolute Gasteiger partial charge is 0.406 e. The highest BCUT2D eigenvalue weighted by Gasteiger charge is 2.48. The first-order chi connectivity index (χ1) is 12.6. The molecule has 0 bridgehead atoms. The molecule has 4 unspecified atom stereocenters. The van der Waals surface area contributed by atoms with Gasteiger partial charge in [-0.2, -0.15) is 24.9 Å². The van der Waals surface area contributed by atoms with Crippen LogP contribution in [0, 0.1) is 5.92 Å². The molecule has 0 amide bonds. The third kappa shape index (κ3) is 5.74. The first-order valence-electron chi connectivity index (χ1n) is 9.74. The van der Waals surface area contributed by atoms with Crippen molar-refractivity contribution < 1.29 is 21.6 Å². The summed E-state index contributed by atoms with van der Waals surface area (Å²) in [5, 5.41) is 9.09. The van der Waals surface area contributed by atoms with Crippen molar-refractivity contribution in [1.82, 2.24) is 16.0 Å². The van der Waals surface area contributed by atoms with Gasteiger partial charge in [-0.05, 0) is 50.2 Å². The molecule has 1 saturated carbocycles. The number of alkyl halides is 3. The van der Waals surface area contributed by atoms with Crippen LogP contribution in [0.3, 0.4) is 0 Å². The minimum absolute atomic E-state index is 0.0714. The number of halogens is 3. The molecular formula is C17H30F3N3O2S2. The van der Waals surface area contributed by atoms with E-state index in [-0.39, 0.29) is 23.8 Å². The fourth-order valence-corrected chi connectivity index (χ4v) is 6.87. The van der Waals surface area contributed by atoms with E-state index in [1.165, 1.54) is 6.26 Å². The second-order valence-corrected chi connectivity index (χ2v) is 11.8. The molecule has 27 heavy (non-hydrogen) atoms. The number of sulfone groups is 1. The zero-order chi connectivity index (χ0) is 19.7. The first-order valence-corrected chi connectivity index (χ1v) is 12.7. The van der Waals surface area contributed by atoms with Gasteiger partial charge < -0.3 is 5.32 Å². The summed E-state index contributed by atoms with van der Waals surface area (Å²) < 4.78 is 63.7. The van der Waals surface area contributed by atoms with Crippen LogP contribution in [0.1, 0.15) is 38.5 Å². The Hall–Kier alpha value is -0.0300. The van der Waals surface area contributed by atoms with Gasteiger partial charge in [-0.3, -0.25) is 10.6 Å². The number of hydrogen-bond acceptors (Lipinski definition) is 6. The van der Waals surface area contributed by atoms with Crippen LogP contribution in [-0.2, 0) is 9.84 Å². The summed E-state index contributed by atoms with van der Waals surface area (Å²) in [7, 11) is -3.04. The predicted molar refractivity (Wildman–Crippen MR) is 103 cm³/mol. The maximum Gasteiger partial charge on any atom is 0.406 e. The fraction of sp³-hybridized carbons (Fsp3) is 1.00. The van der Waals surface area contributed by atoms with Crippen LogP contribution in [0.15, 0.2) is 0 Å². The van der Waals surface area contributed by atoms with Gasteiger partial charge in [0.25, 0.3) is 0 Å². The Labute approximate surface area is 163 Å². The first kappa shape index (κ1) is 21.7. The smallest absolute Gasteiger partial charge is 0.302 e. The van der Waals surface area contributed by atoms with Crippen LogP contribution in [0.25, 0.3) is 0 Å². The van der Waals surface area contributed by atoms with E-state index in [4.69, 9.17) is 0 Å². The van der Waals surface area contributed by atoms with Crippen molar-refractivity contribution in [3.05, 3.63) is 0 Å². The number of rotatable bonds is 5. The van der Waals surface area contributed by atoms with Gasteiger partial charge in [0.05, 0.1) is 11.4 Å². The Morgan fingerprint density at radius 3 is 2.41 bits per heavy atom. The third-order valence-corrected chi connectivity index (χ3v) is 9.20. The zero-order valence-electron chi connectivity index (χ0n) is 15.6. The Bertz CT molecular complexity index is 589. The minimum atomic E-state index is -4.31. The lowest BCUT2D eigenvalue weighted by Gasteiger charge is -2.44. The highest BCUT2D eigenvalue weighted by atomic mass is 32.2. The van der Waals surface area contributed by atoms with E-state index < -0.39 is 28.2 Å². The van der Waals surface area contributed by atoms with Gasteiger partial charge in [-0.25, -0.2) is 8.42 Å². The predicted octanol–water partition coefficient (Wildman–Crippen LogP) is 1.89. The van der Waals surface area contributed by atoms with E-state index >= 15 is 0 Å². The third-order valence-electron chi connectivity index (χ3n) is 6.12. The molecule has 0 spiro atoms. The summed E-state index contributed by atoms with van der Waals surface area (Å²) in [6, 6.07) is -1.68. The molecule has 2 aliphatic heterocycles. The Morgan fingerprint density at radius 1 is 1.15 bits per heavy atom. The molecule has 2 heterocycles. The molecule has 3 aliphatic rings. The second-order valence-electron chi connectivity index (χ2n) is 8.09. The summed E-state index contributed by atoms with van der Waals surface area (Å²) in [4.78, 5) is 0. The Morgan fingerprint density at radius 2 is 1.85 bits per heavy atom. The number of thioether (sulfide) groups is 1. The van der Waals surface area contributed by atoms with Crippen molar-refractivity contribution in [2.45, 2.75) is 73.5 Å². The Balaban J connectivity index is 1.58. The van der Waals surface area contributed by atoms with Crippen LogP contribution in [0.2, 0.25) is 0 Å². The van der Waals surface area contributed by atoms with Crippen molar-refractivity contribution in [2.24, 2.45) is 5.92 Å². The molecule has 0 aromatic rings. The van der Waals surface area contributed by atoms with E-state index in [1.807, 2.05) is 11.8 Å². The Kier molecular flexibility index (Phi) is 7.04. The van der Waals surface area contributed by atoms with E-state index in [9.17, 15) is 21.6 Å². The van der Waals surface area contributed by atoms with Crippen molar-refractivity contribution >= 4 is 21.6 Å². The van der Waals surface area contributed by atoms with Gasteiger partial charge >= 0.3 is 6.18 Å². The van der Waals surface area contributed by atoms with Crippen molar-refractivity contribution in [2.75, 3.05) is 25.1 Å². The summed E-state index contributed by atoms with van der Waals surface area (Å²) in [6.45, 7) is 0.832. The normalized spacial score (nSPS) is 38.8. The molecule has 0 aromatic heterocycles. The van der Waals surface area contributed by atoms with E-state index in [2.05, 4.69) is 16.0 Å². The van der Waals surface area contributed by atoms with E-state index in [1.54, 1.807) is 0 Å². The summed E-state index contributed by atoms with van der Waals surface area (Å²) in [5.74, 6) is 1.28. The highest BCUT2D eigenvalue weighted by molar-refractivity contribution is 8.00.